The number of hydrogen-bond acceptors (Lipinski definition) is 9. The molecule has 2 aliphatic rings. The van der Waals surface area contributed by atoms with Crippen LogP contribution in [0.3, 0.4) is 0 Å². The molecule has 20 heteroatoms. The van der Waals surface area contributed by atoms with Gasteiger partial charge in [-0.2, -0.15) is 0 Å². The second-order valence-electron chi connectivity index (χ2n) is 13.7. The number of nitrogens with one attached hydrogen (secondary N) is 2. The number of piperazine rings is 1. The molecule has 4 rings (SSSR count). The van der Waals surface area contributed by atoms with Crippen molar-refractivity contribution in [1.82, 2.24) is 25.3 Å². The molecule has 2 aliphatic heterocycles. The van der Waals surface area contributed by atoms with Gasteiger partial charge in [-0.25, -0.2) is 9.59 Å². The molecule has 1 fully saturated rings. The summed E-state index contributed by atoms with van der Waals surface area (Å²) in [6.07, 6.45) is 2.12. The van der Waals surface area contributed by atoms with Crippen LogP contribution in [0.15, 0.2) is 36.4 Å². The number of rotatable bonds is 16. The van der Waals surface area contributed by atoms with Gasteiger partial charge in [0.2, 0.25) is 5.91 Å². The normalized spacial score (nSPS) is 17.1. The van der Waals surface area contributed by atoms with Crippen LogP contribution in [0.5, 0.6) is 0 Å². The number of hydrogen-bond donors (Lipinski definition) is 7. The van der Waals surface area contributed by atoms with Crippen molar-refractivity contribution in [3.8, 4) is 0 Å². The Morgan fingerprint density at radius 1 is 0.945 bits per heavy atom. The molecule has 0 spiro atoms. The SMILES string of the molecule is CC(C)CC(N[C@H](CCN1C(=O)c2cccc3cccc(c23)C1=O)P(=O)(O)O)C(=O)NC(CCCCN)C(=O)O.CC[C@H]1CN(C(N)=O)CCN1C.Cl.Cl.Cl. The molecule has 16 nitrogen and oxygen atoms in total. The smallest absolute Gasteiger partial charge is 0.342 e. The Morgan fingerprint density at radius 2 is 1.53 bits per heavy atom. The summed E-state index contributed by atoms with van der Waals surface area (Å²) in [5.41, 5.74) is 11.3. The number of nitrogens with zero attached hydrogens (tertiary/aromatic N) is 3. The van der Waals surface area contributed by atoms with E-state index in [-0.39, 0.29) is 75.0 Å². The van der Waals surface area contributed by atoms with Crippen LogP contribution < -0.4 is 22.1 Å². The van der Waals surface area contributed by atoms with Crippen molar-refractivity contribution in [3.63, 3.8) is 0 Å². The lowest BCUT2D eigenvalue weighted by molar-refractivity contribution is -0.142. The monoisotopic (exact) mass is 855 g/mol. The van der Waals surface area contributed by atoms with E-state index in [9.17, 15) is 43.4 Å². The summed E-state index contributed by atoms with van der Waals surface area (Å²) in [5, 5.41) is 16.0. The third-order valence-corrected chi connectivity index (χ3v) is 10.6. The average molecular weight is 857 g/mol. The molecule has 2 aromatic carbocycles. The van der Waals surface area contributed by atoms with Gasteiger partial charge in [0.05, 0.1) is 6.04 Å². The number of halogens is 3. The molecule has 9 N–H and O–H groups in total. The lowest BCUT2D eigenvalue weighted by Gasteiger charge is -2.38. The Balaban J connectivity index is 0.00000166. The predicted octanol–water partition coefficient (Wildman–Crippen LogP) is 3.39. The van der Waals surface area contributed by atoms with E-state index in [1.807, 2.05) is 13.8 Å². The summed E-state index contributed by atoms with van der Waals surface area (Å²) >= 11 is 0. The largest absolute Gasteiger partial charge is 0.480 e. The fourth-order valence-electron chi connectivity index (χ4n) is 6.45. The highest BCUT2D eigenvalue weighted by Gasteiger charge is 2.38. The van der Waals surface area contributed by atoms with Gasteiger partial charge in [0.15, 0.2) is 0 Å². The van der Waals surface area contributed by atoms with E-state index < -0.39 is 49.2 Å². The number of imide groups is 1. The Labute approximate surface area is 340 Å². The van der Waals surface area contributed by atoms with Crippen LogP contribution >= 0.6 is 44.8 Å². The van der Waals surface area contributed by atoms with Gasteiger partial charge in [-0.15, -0.1) is 37.2 Å². The van der Waals surface area contributed by atoms with Crippen LogP contribution in [0.25, 0.3) is 10.8 Å². The molecule has 0 bridgehead atoms. The van der Waals surface area contributed by atoms with Gasteiger partial charge >= 0.3 is 19.6 Å². The quantitative estimate of drug-likeness (QED) is 0.0730. The molecular weight excluding hydrogens is 800 g/mol. The van der Waals surface area contributed by atoms with Crippen molar-refractivity contribution in [2.24, 2.45) is 17.4 Å². The zero-order valence-corrected chi connectivity index (χ0v) is 34.9. The highest BCUT2D eigenvalue weighted by Crippen LogP contribution is 2.42. The van der Waals surface area contributed by atoms with Crippen LogP contribution in [0.1, 0.15) is 80.0 Å². The van der Waals surface area contributed by atoms with E-state index in [2.05, 4.69) is 29.5 Å². The Bertz CT molecular complexity index is 1600. The maximum Gasteiger partial charge on any atom is 0.342 e. The summed E-state index contributed by atoms with van der Waals surface area (Å²) in [5.74, 6) is -4.73. The molecule has 1 saturated heterocycles. The molecule has 0 saturated carbocycles. The molecule has 0 radical (unpaired) electrons. The van der Waals surface area contributed by atoms with Gasteiger partial charge in [0, 0.05) is 48.7 Å². The number of carbonyl (C=O) groups is 5. The fourth-order valence-corrected chi connectivity index (χ4v) is 7.27. The predicted molar refractivity (Wildman–Crippen MR) is 218 cm³/mol. The molecule has 4 atom stereocenters. The fraction of sp³-hybridized carbons (Fsp3) is 0.571. The maximum absolute atomic E-state index is 13.2. The van der Waals surface area contributed by atoms with Crippen molar-refractivity contribution >= 4 is 85.3 Å². The van der Waals surface area contributed by atoms with E-state index in [4.69, 9.17) is 11.5 Å². The van der Waals surface area contributed by atoms with Gasteiger partial charge in [0.1, 0.15) is 11.8 Å². The summed E-state index contributed by atoms with van der Waals surface area (Å²) in [6.45, 7) is 8.31. The van der Waals surface area contributed by atoms with Gasteiger partial charge in [-0.3, -0.25) is 34.1 Å². The molecule has 2 unspecified atom stereocenters. The summed E-state index contributed by atoms with van der Waals surface area (Å²) in [4.78, 5) is 87.3. The zero-order chi connectivity index (χ0) is 38.7. The van der Waals surface area contributed by atoms with Gasteiger partial charge in [-0.1, -0.05) is 45.0 Å². The van der Waals surface area contributed by atoms with Crippen molar-refractivity contribution < 1.29 is 43.4 Å². The Morgan fingerprint density at radius 3 is 2.00 bits per heavy atom. The van der Waals surface area contributed by atoms with Crippen molar-refractivity contribution in [2.45, 2.75) is 83.2 Å². The van der Waals surface area contributed by atoms with Crippen LogP contribution in [0.4, 0.5) is 4.79 Å². The first kappa shape index (κ1) is 52.0. The molecular formula is C35H57Cl3N7O9P. The number of urea groups is 1. The number of carboxylic acids is 1. The van der Waals surface area contributed by atoms with E-state index in [1.54, 1.807) is 41.3 Å². The minimum absolute atomic E-state index is 0. The van der Waals surface area contributed by atoms with Crippen molar-refractivity contribution in [3.05, 3.63) is 47.5 Å². The first-order valence-corrected chi connectivity index (χ1v) is 19.3. The second-order valence-corrected chi connectivity index (χ2v) is 15.5. The second kappa shape index (κ2) is 23.9. The number of aliphatic carboxylic acids is 1. The van der Waals surface area contributed by atoms with E-state index in [0.29, 0.717) is 41.9 Å². The van der Waals surface area contributed by atoms with Gasteiger partial charge < -0.3 is 36.6 Å². The van der Waals surface area contributed by atoms with Crippen LogP contribution in [0, 0.1) is 5.92 Å². The number of nitrogens with two attached hydrogens (primary N) is 2. The molecule has 0 aliphatic carbocycles. The van der Waals surface area contributed by atoms with Crippen LogP contribution in [-0.4, -0.2) is 123 Å². The van der Waals surface area contributed by atoms with E-state index in [1.165, 1.54) is 0 Å². The van der Waals surface area contributed by atoms with Crippen LogP contribution in [-0.2, 0) is 14.2 Å². The molecule has 312 valence electrons. The molecule has 5 amide bonds. The molecule has 2 heterocycles. The maximum atomic E-state index is 13.2. The number of carbonyl (C=O) groups excluding carboxylic acids is 4. The van der Waals surface area contributed by atoms with E-state index in [0.717, 1.165) is 36.3 Å². The van der Waals surface area contributed by atoms with Gasteiger partial charge in [-0.05, 0) is 75.6 Å². The highest BCUT2D eigenvalue weighted by molar-refractivity contribution is 7.52. The number of likely N-dealkylation sites (N-methyl/N-ethyl adjacent to an activating group) is 1. The third kappa shape index (κ3) is 14.4. The number of unbranched alkanes of at least 4 members (excludes halogenated alkanes) is 1. The minimum Gasteiger partial charge on any atom is -0.480 e. The first-order chi connectivity index (χ1) is 24.5. The Hall–Kier alpha value is -3.05. The topological polar surface area (TPSA) is 249 Å². The number of amides is 5. The summed E-state index contributed by atoms with van der Waals surface area (Å²) < 4.78 is 12.5. The van der Waals surface area contributed by atoms with Crippen LogP contribution in [0.2, 0.25) is 0 Å². The standard InChI is InChI=1S/C27H37N4O8P.C8H17N3O.3ClH/c1-16(2)15-21(24(32)30-20(27(35)36)11-3-4-13-28)29-22(40(37,38)39)12-14-31-25(33)18-9-5-7-17-8-6-10-19(23(17)18)26(31)34;1-3-7-6-11(8(9)12)5-4-10(7)2;;;/h5-10,16,20-22,29H,3-4,11-15,28H2,1-2H3,(H,30,32)(H,35,36)(H2,37,38,39);7H,3-6H2,1-2H3,(H2,9,12);3*1H/t20?,21?,22-;7-;;;/m00.../s1. The number of carboxylic acid groups (broad SMARTS) is 1. The number of benzene rings is 2. The first-order valence-electron chi connectivity index (χ1n) is 17.7. The third-order valence-electron chi connectivity index (χ3n) is 9.43. The highest BCUT2D eigenvalue weighted by atomic mass is 35.5. The van der Waals surface area contributed by atoms with Crippen molar-refractivity contribution in [1.29, 1.82) is 0 Å². The number of primary amides is 1. The van der Waals surface area contributed by atoms with E-state index >= 15 is 0 Å². The summed E-state index contributed by atoms with van der Waals surface area (Å²) in [6, 6.07) is 8.05. The zero-order valence-electron chi connectivity index (χ0n) is 31.6. The average Bonchev–Trinajstić information content (AvgIpc) is 3.08. The lowest BCUT2D eigenvalue weighted by atomic mass is 9.94. The molecule has 2 aromatic rings. The molecule has 55 heavy (non-hydrogen) atoms. The lowest BCUT2D eigenvalue weighted by Crippen LogP contribution is -2.54. The Kier molecular flexibility index (Phi) is 22.6. The summed E-state index contributed by atoms with van der Waals surface area (Å²) in [7, 11) is -2.79. The van der Waals surface area contributed by atoms with Gasteiger partial charge in [0.25, 0.3) is 11.8 Å². The molecule has 0 aromatic heterocycles. The minimum atomic E-state index is -4.88. The van der Waals surface area contributed by atoms with Crippen molar-refractivity contribution in [2.75, 3.05) is 39.8 Å².